The topological polar surface area (TPSA) is 83.5 Å². The van der Waals surface area contributed by atoms with E-state index in [-0.39, 0.29) is 18.4 Å². The van der Waals surface area contributed by atoms with E-state index in [2.05, 4.69) is 6.92 Å². The second kappa shape index (κ2) is 16.8. The molecule has 0 bridgehead atoms. The first-order valence-electron chi connectivity index (χ1n) is 9.68. The maximum absolute atomic E-state index is 11.3. The van der Waals surface area contributed by atoms with Gasteiger partial charge in [0.05, 0.1) is 66.0 Å². The van der Waals surface area contributed by atoms with Gasteiger partial charge in [-0.2, -0.15) is 0 Å². The summed E-state index contributed by atoms with van der Waals surface area (Å²) in [4.78, 5) is 23.8. The number of rotatable bonds is 19. The zero-order chi connectivity index (χ0) is 19.6. The van der Waals surface area contributed by atoms with Crippen LogP contribution in [0.1, 0.15) is 26.2 Å². The van der Waals surface area contributed by atoms with E-state index in [4.69, 9.17) is 23.7 Å². The Morgan fingerprint density at radius 2 is 1.04 bits per heavy atom. The van der Waals surface area contributed by atoms with Gasteiger partial charge >= 0.3 is 0 Å². The highest BCUT2D eigenvalue weighted by Crippen LogP contribution is 2.02. The van der Waals surface area contributed by atoms with Crippen molar-refractivity contribution in [1.82, 2.24) is 4.90 Å². The van der Waals surface area contributed by atoms with Crippen LogP contribution in [0.2, 0.25) is 0 Å². The molecule has 0 aromatic carbocycles. The molecule has 0 N–H and O–H groups in total. The van der Waals surface area contributed by atoms with E-state index < -0.39 is 0 Å². The number of carbonyl (C=O) groups is 2. The molecule has 1 rings (SSSR count). The van der Waals surface area contributed by atoms with Crippen molar-refractivity contribution in [2.24, 2.45) is 0 Å². The molecule has 0 spiro atoms. The van der Waals surface area contributed by atoms with Gasteiger partial charge in [0.1, 0.15) is 0 Å². The molecule has 156 valence electrons. The van der Waals surface area contributed by atoms with Gasteiger partial charge in [-0.1, -0.05) is 19.8 Å². The van der Waals surface area contributed by atoms with Gasteiger partial charge in [-0.25, -0.2) is 0 Å². The Kier molecular flexibility index (Phi) is 14.8. The summed E-state index contributed by atoms with van der Waals surface area (Å²) in [5.74, 6) is -0.582. The monoisotopic (exact) mass is 387 g/mol. The van der Waals surface area contributed by atoms with E-state index in [0.29, 0.717) is 59.5 Å². The Hall–Kier alpha value is -1.32. The van der Waals surface area contributed by atoms with E-state index in [1.807, 2.05) is 0 Å². The quantitative estimate of drug-likeness (QED) is 0.243. The number of nitrogens with zero attached hydrogens (tertiary/aromatic N) is 1. The molecule has 1 aliphatic rings. The van der Waals surface area contributed by atoms with E-state index in [9.17, 15) is 9.59 Å². The number of imide groups is 1. The Morgan fingerprint density at radius 1 is 0.630 bits per heavy atom. The summed E-state index contributed by atoms with van der Waals surface area (Å²) in [5.41, 5.74) is 0. The first-order valence-corrected chi connectivity index (χ1v) is 9.68. The van der Waals surface area contributed by atoms with E-state index in [1.54, 1.807) is 0 Å². The highest BCUT2D eigenvalue weighted by atomic mass is 16.6. The fourth-order valence-electron chi connectivity index (χ4n) is 2.24. The van der Waals surface area contributed by atoms with Crippen LogP contribution in [0, 0.1) is 0 Å². The number of ether oxygens (including phenoxy) is 5. The Labute approximate surface area is 161 Å². The van der Waals surface area contributed by atoms with Crippen molar-refractivity contribution in [2.75, 3.05) is 72.6 Å². The number of hydrogen-bond donors (Lipinski definition) is 0. The molecule has 27 heavy (non-hydrogen) atoms. The van der Waals surface area contributed by atoms with Gasteiger partial charge in [0.25, 0.3) is 11.8 Å². The summed E-state index contributed by atoms with van der Waals surface area (Å²) >= 11 is 0. The number of hydrogen-bond acceptors (Lipinski definition) is 7. The van der Waals surface area contributed by atoms with Crippen LogP contribution < -0.4 is 0 Å². The molecule has 0 aromatic rings. The number of amides is 2. The van der Waals surface area contributed by atoms with Crippen LogP contribution in [0.5, 0.6) is 0 Å². The van der Waals surface area contributed by atoms with Crippen molar-refractivity contribution in [3.63, 3.8) is 0 Å². The van der Waals surface area contributed by atoms with Gasteiger partial charge < -0.3 is 23.7 Å². The lowest BCUT2D eigenvalue weighted by Crippen LogP contribution is -2.33. The number of carbonyl (C=O) groups excluding carboxylic acids is 2. The average Bonchev–Trinajstić information content (AvgIpc) is 2.99. The lowest BCUT2D eigenvalue weighted by atomic mass is 10.3. The number of unbranched alkanes of at least 4 members (excludes halogenated alkanes) is 2. The lowest BCUT2D eigenvalue weighted by molar-refractivity contribution is -0.137. The van der Waals surface area contributed by atoms with Crippen molar-refractivity contribution in [3.8, 4) is 0 Å². The largest absolute Gasteiger partial charge is 0.379 e. The normalized spacial score (nSPS) is 13.9. The summed E-state index contributed by atoms with van der Waals surface area (Å²) in [7, 11) is 0. The molecule has 2 amide bonds. The van der Waals surface area contributed by atoms with Crippen molar-refractivity contribution < 1.29 is 33.3 Å². The molecule has 0 fully saturated rings. The van der Waals surface area contributed by atoms with Crippen LogP contribution >= 0.6 is 0 Å². The second-order valence-corrected chi connectivity index (χ2v) is 5.93. The molecular weight excluding hydrogens is 354 g/mol. The van der Waals surface area contributed by atoms with Crippen LogP contribution in [0.25, 0.3) is 0 Å². The highest BCUT2D eigenvalue weighted by Gasteiger charge is 2.22. The Bertz CT molecular complexity index is 410. The van der Waals surface area contributed by atoms with Crippen LogP contribution in [0.15, 0.2) is 12.2 Å². The average molecular weight is 387 g/mol. The van der Waals surface area contributed by atoms with Crippen molar-refractivity contribution in [1.29, 1.82) is 0 Å². The van der Waals surface area contributed by atoms with Gasteiger partial charge in [-0.15, -0.1) is 0 Å². The Balaban J connectivity index is 1.71. The molecule has 0 aromatic heterocycles. The minimum atomic E-state index is -0.291. The third-order valence-corrected chi connectivity index (χ3v) is 3.74. The summed E-state index contributed by atoms with van der Waals surface area (Å²) in [6, 6.07) is 0. The van der Waals surface area contributed by atoms with Gasteiger partial charge in [0.15, 0.2) is 0 Å². The first-order chi connectivity index (χ1) is 13.3. The van der Waals surface area contributed by atoms with E-state index in [0.717, 1.165) is 17.9 Å². The molecule has 0 saturated carbocycles. The highest BCUT2D eigenvalue weighted by molar-refractivity contribution is 6.12. The lowest BCUT2D eigenvalue weighted by Gasteiger charge is -2.13. The molecule has 8 heteroatoms. The van der Waals surface area contributed by atoms with Crippen molar-refractivity contribution in [3.05, 3.63) is 12.2 Å². The minimum absolute atomic E-state index is 0.261. The van der Waals surface area contributed by atoms with Crippen molar-refractivity contribution in [2.45, 2.75) is 26.2 Å². The fraction of sp³-hybridized carbons (Fsp3) is 0.789. The van der Waals surface area contributed by atoms with E-state index in [1.165, 1.54) is 25.0 Å². The first kappa shape index (κ1) is 23.7. The molecule has 0 saturated heterocycles. The molecule has 0 atom stereocenters. The van der Waals surface area contributed by atoms with Crippen LogP contribution in [0.3, 0.4) is 0 Å². The standard InChI is InChI=1S/C19H33NO7/c1-2-3-4-8-23-10-12-25-14-16-27-17-15-26-13-11-24-9-7-20-18(21)5-6-19(20)22/h5-6H,2-4,7-17H2,1H3. The maximum Gasteiger partial charge on any atom is 0.253 e. The fourth-order valence-corrected chi connectivity index (χ4v) is 2.24. The molecule has 1 aliphatic heterocycles. The molecular formula is C19H33NO7. The van der Waals surface area contributed by atoms with Crippen LogP contribution in [-0.4, -0.2) is 89.3 Å². The van der Waals surface area contributed by atoms with Crippen molar-refractivity contribution >= 4 is 11.8 Å². The summed E-state index contributed by atoms with van der Waals surface area (Å²) in [5, 5.41) is 0. The Morgan fingerprint density at radius 3 is 1.48 bits per heavy atom. The molecule has 0 unspecified atom stereocenters. The molecule has 8 nitrogen and oxygen atoms in total. The summed E-state index contributed by atoms with van der Waals surface area (Å²) in [6.45, 7) is 7.67. The van der Waals surface area contributed by atoms with Gasteiger partial charge in [-0.3, -0.25) is 14.5 Å². The third kappa shape index (κ3) is 12.6. The van der Waals surface area contributed by atoms with Crippen LogP contribution in [0.4, 0.5) is 0 Å². The summed E-state index contributed by atoms with van der Waals surface area (Å²) in [6.07, 6.45) is 6.05. The molecule has 0 radical (unpaired) electrons. The molecule has 0 aliphatic carbocycles. The maximum atomic E-state index is 11.3. The second-order valence-electron chi connectivity index (χ2n) is 5.93. The molecule has 1 heterocycles. The summed E-state index contributed by atoms with van der Waals surface area (Å²) < 4.78 is 26.9. The minimum Gasteiger partial charge on any atom is -0.379 e. The zero-order valence-corrected chi connectivity index (χ0v) is 16.4. The predicted molar refractivity (Wildman–Crippen MR) is 99.5 cm³/mol. The van der Waals surface area contributed by atoms with E-state index >= 15 is 0 Å². The predicted octanol–water partition coefficient (Wildman–Crippen LogP) is 1.18. The zero-order valence-electron chi connectivity index (χ0n) is 16.4. The SMILES string of the molecule is CCCCCOCCOCCOCCOCCOCCN1C(=O)C=CC1=O. The smallest absolute Gasteiger partial charge is 0.253 e. The van der Waals surface area contributed by atoms with Crippen LogP contribution in [-0.2, 0) is 33.3 Å². The van der Waals surface area contributed by atoms with Gasteiger partial charge in [0.2, 0.25) is 0 Å². The van der Waals surface area contributed by atoms with Gasteiger partial charge in [0, 0.05) is 18.8 Å². The third-order valence-electron chi connectivity index (χ3n) is 3.74. The van der Waals surface area contributed by atoms with Gasteiger partial charge in [-0.05, 0) is 6.42 Å².